The highest BCUT2D eigenvalue weighted by Gasteiger charge is 2.18. The van der Waals surface area contributed by atoms with E-state index in [-0.39, 0.29) is 5.82 Å². The molecular weight excluding hydrogens is 277 g/mol. The molecular formula is C11H9Cl2N3O2. The fourth-order valence-corrected chi connectivity index (χ4v) is 2.06. The van der Waals surface area contributed by atoms with Gasteiger partial charge in [0.05, 0.1) is 10.0 Å². The van der Waals surface area contributed by atoms with Crippen molar-refractivity contribution in [2.75, 3.05) is 0 Å². The average molecular weight is 286 g/mol. The lowest BCUT2D eigenvalue weighted by molar-refractivity contribution is 0.0683. The molecule has 2 aromatic rings. The second-order valence-electron chi connectivity index (χ2n) is 3.73. The SMILES string of the molecule is Cc1ccc(Cl)c(-n2nc(C(=O)O)nc2C)c1Cl. The lowest BCUT2D eigenvalue weighted by Gasteiger charge is -2.09. The number of aryl methyl sites for hydroxylation is 2. The minimum Gasteiger partial charge on any atom is -0.475 e. The van der Waals surface area contributed by atoms with Crippen LogP contribution >= 0.6 is 23.2 Å². The minimum absolute atomic E-state index is 0.291. The number of rotatable bonds is 2. The summed E-state index contributed by atoms with van der Waals surface area (Å²) in [7, 11) is 0. The topological polar surface area (TPSA) is 68.0 Å². The van der Waals surface area contributed by atoms with Crippen LogP contribution in [0.3, 0.4) is 0 Å². The molecule has 1 aromatic heterocycles. The summed E-state index contributed by atoms with van der Waals surface area (Å²) in [6, 6.07) is 3.46. The molecule has 0 aliphatic rings. The van der Waals surface area contributed by atoms with Crippen LogP contribution in [0.5, 0.6) is 0 Å². The molecule has 1 heterocycles. The maximum Gasteiger partial charge on any atom is 0.375 e. The van der Waals surface area contributed by atoms with Crippen molar-refractivity contribution in [2.24, 2.45) is 0 Å². The van der Waals surface area contributed by atoms with E-state index < -0.39 is 5.97 Å². The fourth-order valence-electron chi connectivity index (χ4n) is 1.53. The van der Waals surface area contributed by atoms with Gasteiger partial charge in [0.15, 0.2) is 0 Å². The van der Waals surface area contributed by atoms with Crippen LogP contribution in [0.15, 0.2) is 12.1 Å². The molecule has 18 heavy (non-hydrogen) atoms. The lowest BCUT2D eigenvalue weighted by atomic mass is 10.2. The van der Waals surface area contributed by atoms with Crippen LogP contribution in [0, 0.1) is 13.8 Å². The van der Waals surface area contributed by atoms with E-state index in [4.69, 9.17) is 28.3 Å². The van der Waals surface area contributed by atoms with Gasteiger partial charge in [-0.05, 0) is 25.5 Å². The summed E-state index contributed by atoms with van der Waals surface area (Å²) < 4.78 is 1.33. The van der Waals surface area contributed by atoms with Gasteiger partial charge in [0, 0.05) is 0 Å². The van der Waals surface area contributed by atoms with Crippen molar-refractivity contribution < 1.29 is 9.90 Å². The van der Waals surface area contributed by atoms with E-state index in [0.29, 0.717) is 21.6 Å². The summed E-state index contributed by atoms with van der Waals surface area (Å²) >= 11 is 12.2. The van der Waals surface area contributed by atoms with Gasteiger partial charge in [-0.3, -0.25) is 0 Å². The molecule has 0 saturated carbocycles. The molecule has 0 aliphatic carbocycles. The first-order valence-electron chi connectivity index (χ1n) is 5.03. The number of aromatic nitrogens is 3. The minimum atomic E-state index is -1.20. The van der Waals surface area contributed by atoms with Crippen LogP contribution in [0.1, 0.15) is 22.0 Å². The number of halogens is 2. The summed E-state index contributed by atoms with van der Waals surface area (Å²) in [5, 5.41) is 13.5. The molecule has 0 amide bonds. The highest BCUT2D eigenvalue weighted by molar-refractivity contribution is 6.38. The van der Waals surface area contributed by atoms with Gasteiger partial charge in [-0.25, -0.2) is 14.5 Å². The summed E-state index contributed by atoms with van der Waals surface area (Å²) in [5.41, 5.74) is 1.26. The molecule has 7 heteroatoms. The van der Waals surface area contributed by atoms with Crippen molar-refractivity contribution in [2.45, 2.75) is 13.8 Å². The predicted octanol–water partition coefficient (Wildman–Crippen LogP) is 2.89. The standard InChI is InChI=1S/C11H9Cl2N3O2/c1-5-3-4-7(12)9(8(5)13)16-6(2)14-10(15-16)11(17)18/h3-4H,1-2H3,(H,17,18). The third kappa shape index (κ3) is 2.07. The number of hydrogen-bond donors (Lipinski definition) is 1. The molecule has 0 atom stereocenters. The maximum atomic E-state index is 10.8. The molecule has 2 rings (SSSR count). The molecule has 1 N–H and O–H groups in total. The molecule has 0 radical (unpaired) electrons. The second-order valence-corrected chi connectivity index (χ2v) is 4.51. The van der Waals surface area contributed by atoms with Crippen LogP contribution < -0.4 is 0 Å². The zero-order chi connectivity index (χ0) is 13.4. The fraction of sp³-hybridized carbons (Fsp3) is 0.182. The Morgan fingerprint density at radius 1 is 1.33 bits per heavy atom. The van der Waals surface area contributed by atoms with Gasteiger partial charge in [-0.2, -0.15) is 0 Å². The van der Waals surface area contributed by atoms with Crippen molar-refractivity contribution in [3.8, 4) is 5.69 Å². The van der Waals surface area contributed by atoms with E-state index in [0.717, 1.165) is 5.56 Å². The Kier molecular flexibility index (Phi) is 3.28. The Morgan fingerprint density at radius 2 is 2.00 bits per heavy atom. The zero-order valence-corrected chi connectivity index (χ0v) is 11.1. The summed E-state index contributed by atoms with van der Waals surface area (Å²) in [4.78, 5) is 14.7. The molecule has 0 unspecified atom stereocenters. The molecule has 94 valence electrons. The number of aromatic carboxylic acids is 1. The van der Waals surface area contributed by atoms with Crippen molar-refractivity contribution in [3.05, 3.63) is 39.4 Å². The Morgan fingerprint density at radius 3 is 2.56 bits per heavy atom. The number of carboxylic acids is 1. The molecule has 5 nitrogen and oxygen atoms in total. The van der Waals surface area contributed by atoms with E-state index in [1.807, 2.05) is 6.92 Å². The first-order chi connectivity index (χ1) is 8.41. The predicted molar refractivity (Wildman–Crippen MR) is 67.8 cm³/mol. The van der Waals surface area contributed by atoms with Crippen molar-refractivity contribution in [1.82, 2.24) is 14.8 Å². The molecule has 0 spiro atoms. The van der Waals surface area contributed by atoms with Gasteiger partial charge < -0.3 is 5.11 Å². The van der Waals surface area contributed by atoms with Crippen LogP contribution in [0.25, 0.3) is 5.69 Å². The van der Waals surface area contributed by atoms with Crippen LogP contribution in [0.4, 0.5) is 0 Å². The van der Waals surface area contributed by atoms with Gasteiger partial charge in [-0.1, -0.05) is 29.3 Å². The molecule has 0 aliphatic heterocycles. The van der Waals surface area contributed by atoms with Crippen molar-refractivity contribution in [1.29, 1.82) is 0 Å². The number of carbonyl (C=O) groups is 1. The monoisotopic (exact) mass is 285 g/mol. The highest BCUT2D eigenvalue weighted by Crippen LogP contribution is 2.31. The Bertz CT molecular complexity index is 637. The Hall–Kier alpha value is -1.59. The lowest BCUT2D eigenvalue weighted by Crippen LogP contribution is -2.04. The Labute approximate surface area is 113 Å². The van der Waals surface area contributed by atoms with E-state index in [9.17, 15) is 4.79 Å². The molecule has 1 aromatic carbocycles. The second kappa shape index (κ2) is 4.59. The third-order valence-electron chi connectivity index (χ3n) is 2.43. The Balaban J connectivity index is 2.69. The number of hydrogen-bond acceptors (Lipinski definition) is 3. The maximum absolute atomic E-state index is 10.8. The van der Waals surface area contributed by atoms with Crippen LogP contribution in [0.2, 0.25) is 10.0 Å². The van der Waals surface area contributed by atoms with Gasteiger partial charge in [0.2, 0.25) is 0 Å². The van der Waals surface area contributed by atoms with Crippen molar-refractivity contribution in [3.63, 3.8) is 0 Å². The molecule has 0 saturated heterocycles. The highest BCUT2D eigenvalue weighted by atomic mass is 35.5. The van der Waals surface area contributed by atoms with E-state index in [2.05, 4.69) is 10.1 Å². The number of benzene rings is 1. The first-order valence-corrected chi connectivity index (χ1v) is 5.79. The van der Waals surface area contributed by atoms with Gasteiger partial charge >= 0.3 is 5.97 Å². The molecule has 0 bridgehead atoms. The molecule has 0 fully saturated rings. The van der Waals surface area contributed by atoms with E-state index in [1.54, 1.807) is 19.1 Å². The smallest absolute Gasteiger partial charge is 0.375 e. The van der Waals surface area contributed by atoms with Crippen LogP contribution in [-0.4, -0.2) is 25.8 Å². The average Bonchev–Trinajstić information content (AvgIpc) is 2.67. The van der Waals surface area contributed by atoms with Gasteiger partial charge in [-0.15, -0.1) is 5.10 Å². The first kappa shape index (κ1) is 12.9. The van der Waals surface area contributed by atoms with Gasteiger partial charge in [0.1, 0.15) is 11.5 Å². The van der Waals surface area contributed by atoms with Crippen LogP contribution in [-0.2, 0) is 0 Å². The number of nitrogens with zero attached hydrogens (tertiary/aromatic N) is 3. The van der Waals surface area contributed by atoms with Crippen molar-refractivity contribution >= 4 is 29.2 Å². The summed E-state index contributed by atoms with van der Waals surface area (Å²) in [5.74, 6) is -1.08. The number of carboxylic acid groups (broad SMARTS) is 1. The van der Waals surface area contributed by atoms with E-state index >= 15 is 0 Å². The largest absolute Gasteiger partial charge is 0.475 e. The zero-order valence-electron chi connectivity index (χ0n) is 9.61. The quantitative estimate of drug-likeness (QED) is 0.921. The summed E-state index contributed by atoms with van der Waals surface area (Å²) in [6.07, 6.45) is 0. The van der Waals surface area contributed by atoms with E-state index in [1.165, 1.54) is 4.68 Å². The van der Waals surface area contributed by atoms with Gasteiger partial charge in [0.25, 0.3) is 5.82 Å². The third-order valence-corrected chi connectivity index (χ3v) is 3.21. The summed E-state index contributed by atoms with van der Waals surface area (Å²) in [6.45, 7) is 3.46. The normalized spacial score (nSPS) is 10.7.